The third-order valence-electron chi connectivity index (χ3n) is 11.6. The molecule has 0 spiro atoms. The molecule has 3 N–H and O–H groups in total. The summed E-state index contributed by atoms with van der Waals surface area (Å²) in [5.74, 6) is -1.93. The Kier molecular flexibility index (Phi) is 12.4. The number of halogens is 1. The summed E-state index contributed by atoms with van der Waals surface area (Å²) in [6, 6.07) is 24.5. The summed E-state index contributed by atoms with van der Waals surface area (Å²) in [7, 11) is 0. The summed E-state index contributed by atoms with van der Waals surface area (Å²) in [5.41, 5.74) is 6.42. The van der Waals surface area contributed by atoms with Gasteiger partial charge in [-0.3, -0.25) is 48.5 Å². The third kappa shape index (κ3) is 9.13. The Bertz CT molecular complexity index is 3050. The van der Waals surface area contributed by atoms with Gasteiger partial charge in [-0.1, -0.05) is 41.9 Å². The van der Waals surface area contributed by atoms with E-state index in [4.69, 9.17) is 21.3 Å². The molecule has 9 rings (SSSR count). The van der Waals surface area contributed by atoms with Gasteiger partial charge in [-0.25, -0.2) is 0 Å². The molecule has 17 nitrogen and oxygen atoms in total. The normalized spacial score (nSPS) is 16.5. The highest BCUT2D eigenvalue weighted by atomic mass is 35.5. The maximum atomic E-state index is 13.5. The molecule has 6 amide bonds. The van der Waals surface area contributed by atoms with Crippen molar-refractivity contribution in [3.63, 3.8) is 0 Å². The van der Waals surface area contributed by atoms with E-state index < -0.39 is 48.2 Å². The molecule has 67 heavy (non-hydrogen) atoms. The van der Waals surface area contributed by atoms with Crippen LogP contribution in [0, 0.1) is 20.8 Å². The van der Waals surface area contributed by atoms with Crippen LogP contribution in [-0.2, 0) is 25.6 Å². The fraction of sp³-hybridized carbons (Fsp3) is 0.229. The number of fused-ring (bicyclic) bond motifs is 4. The van der Waals surface area contributed by atoms with Gasteiger partial charge in [0.05, 0.1) is 34.6 Å². The topological polar surface area (TPSA) is 219 Å². The van der Waals surface area contributed by atoms with Crippen LogP contribution in [0.15, 0.2) is 106 Å². The Hall–Kier alpha value is -7.70. The van der Waals surface area contributed by atoms with Crippen molar-refractivity contribution in [1.82, 2.24) is 30.3 Å². The van der Waals surface area contributed by atoms with Gasteiger partial charge >= 0.3 is 0 Å². The molecule has 3 aliphatic rings. The number of carbonyl (C=O) groups excluding carboxylic acids is 6. The minimum Gasteiger partial charge on any atom is -0.483 e. The van der Waals surface area contributed by atoms with Crippen LogP contribution >= 0.6 is 22.9 Å². The predicted octanol–water partition coefficient (Wildman–Crippen LogP) is 7.38. The fourth-order valence-corrected chi connectivity index (χ4v) is 9.47. The zero-order valence-electron chi connectivity index (χ0n) is 36.3. The second kappa shape index (κ2) is 18.7. The molecule has 4 aromatic carbocycles. The molecule has 1 unspecified atom stereocenters. The van der Waals surface area contributed by atoms with E-state index in [0.29, 0.717) is 40.9 Å². The second-order valence-corrected chi connectivity index (χ2v) is 17.7. The maximum absolute atomic E-state index is 13.5. The molecule has 19 heteroatoms. The molecular formula is C48H41ClN10O7S. The van der Waals surface area contributed by atoms with Crippen molar-refractivity contribution < 1.29 is 33.5 Å². The average molecular weight is 937 g/mol. The monoisotopic (exact) mass is 936 g/mol. The summed E-state index contributed by atoms with van der Waals surface area (Å²) < 4.78 is 7.70. The van der Waals surface area contributed by atoms with Gasteiger partial charge < -0.3 is 15.4 Å². The molecule has 338 valence electrons. The summed E-state index contributed by atoms with van der Waals surface area (Å²) in [5, 5.41) is 27.1. The molecule has 6 aromatic rings. The number of anilines is 1. The Morgan fingerprint density at radius 2 is 1.58 bits per heavy atom. The van der Waals surface area contributed by atoms with E-state index in [1.807, 2.05) is 60.0 Å². The lowest BCUT2D eigenvalue weighted by Gasteiger charge is -2.27. The largest absolute Gasteiger partial charge is 0.483 e. The zero-order chi connectivity index (χ0) is 46.9. The lowest BCUT2D eigenvalue weighted by atomic mass is 9.99. The standard InChI is InChI=1S/C48H41ClN10O7S/c1-25-26(2)67-48-41(25)43(29-9-11-30(49)12-10-29)52-35(44-57-54-27(3)58(44)48)23-39(61)50-22-21-28-7-13-32(14-8-28)55-56-33-17-15-31(16-18-33)51-40(62)24-66-37-6-4-5-34-42(37)47(65)59(46(34)64)36-19-20-38(60)53-45(36)63/h4-18,35-36H,19-24H2,1-3H3,(H,50,61)(H,51,62)(H,53,60,63)/t35-,36?/m0/s1. The number of nitrogens with zero attached hydrogens (tertiary/aromatic N) is 7. The van der Waals surface area contributed by atoms with Gasteiger partial charge in [0.15, 0.2) is 12.4 Å². The van der Waals surface area contributed by atoms with Gasteiger partial charge in [0.2, 0.25) is 17.7 Å². The van der Waals surface area contributed by atoms with Crippen LogP contribution < -0.4 is 20.7 Å². The van der Waals surface area contributed by atoms with Crippen LogP contribution in [0.4, 0.5) is 17.1 Å². The minimum atomic E-state index is -1.12. The summed E-state index contributed by atoms with van der Waals surface area (Å²) >= 11 is 7.90. The van der Waals surface area contributed by atoms with Crippen molar-refractivity contribution in [1.29, 1.82) is 0 Å². The number of ether oxygens (including phenoxy) is 1. The average Bonchev–Trinajstić information content (AvgIpc) is 3.89. The number of imide groups is 2. The van der Waals surface area contributed by atoms with Gasteiger partial charge in [-0.2, -0.15) is 10.2 Å². The lowest BCUT2D eigenvalue weighted by Crippen LogP contribution is -2.54. The lowest BCUT2D eigenvalue weighted by molar-refractivity contribution is -0.136. The quantitative estimate of drug-likeness (QED) is 0.0776. The molecule has 0 bridgehead atoms. The highest BCUT2D eigenvalue weighted by Crippen LogP contribution is 2.40. The molecule has 1 saturated heterocycles. The number of hydrogen-bond acceptors (Lipinski definition) is 13. The first-order valence-corrected chi connectivity index (χ1v) is 22.5. The summed E-state index contributed by atoms with van der Waals surface area (Å²) in [6.07, 6.45) is 0.687. The van der Waals surface area contributed by atoms with E-state index in [0.717, 1.165) is 43.7 Å². The first-order valence-electron chi connectivity index (χ1n) is 21.3. The van der Waals surface area contributed by atoms with Crippen molar-refractivity contribution in [2.24, 2.45) is 15.2 Å². The molecule has 3 aliphatic heterocycles. The third-order valence-corrected chi connectivity index (χ3v) is 13.1. The van der Waals surface area contributed by atoms with Crippen LogP contribution in [0.5, 0.6) is 5.75 Å². The van der Waals surface area contributed by atoms with Crippen LogP contribution in [0.3, 0.4) is 0 Å². The van der Waals surface area contributed by atoms with Crippen LogP contribution in [0.2, 0.25) is 5.02 Å². The maximum Gasteiger partial charge on any atom is 0.266 e. The molecule has 0 radical (unpaired) electrons. The minimum absolute atomic E-state index is 0.00478. The van der Waals surface area contributed by atoms with Crippen molar-refractivity contribution in [3.8, 4) is 10.8 Å². The number of aryl methyl sites for hydroxylation is 2. The number of aliphatic imine (C=N–C) groups is 1. The Morgan fingerprint density at radius 1 is 0.866 bits per heavy atom. The van der Waals surface area contributed by atoms with Gasteiger partial charge in [-0.05, 0) is 105 Å². The SMILES string of the molecule is Cc1sc2c(c1C)C(c1ccc(Cl)cc1)=N[C@@H](CC(=O)NCCc1ccc(N=Nc3ccc(NC(=O)COc4cccc5c4C(=O)N(C4CCC(=O)NC4=O)C5=O)cc3)cc1)c1nnc(C)n1-2. The van der Waals surface area contributed by atoms with Crippen LogP contribution in [0.1, 0.15) is 84.8 Å². The number of aromatic nitrogens is 3. The highest BCUT2D eigenvalue weighted by Gasteiger charge is 2.46. The first kappa shape index (κ1) is 44.5. The van der Waals surface area contributed by atoms with Gasteiger partial charge in [-0.15, -0.1) is 21.5 Å². The summed E-state index contributed by atoms with van der Waals surface area (Å²) in [4.78, 5) is 83.9. The molecule has 2 atom stereocenters. The van der Waals surface area contributed by atoms with E-state index >= 15 is 0 Å². The number of benzene rings is 4. The molecule has 1 fully saturated rings. The van der Waals surface area contributed by atoms with Gasteiger partial charge in [0.25, 0.3) is 17.7 Å². The predicted molar refractivity (Wildman–Crippen MR) is 249 cm³/mol. The van der Waals surface area contributed by atoms with Crippen LogP contribution in [0.25, 0.3) is 5.00 Å². The van der Waals surface area contributed by atoms with Gasteiger partial charge in [0, 0.05) is 39.7 Å². The number of rotatable bonds is 13. The number of nitrogens with one attached hydrogen (secondary N) is 3. The summed E-state index contributed by atoms with van der Waals surface area (Å²) in [6.45, 7) is 6.02. The van der Waals surface area contributed by atoms with E-state index in [9.17, 15) is 28.8 Å². The first-order chi connectivity index (χ1) is 32.3. The number of azo groups is 1. The van der Waals surface area contributed by atoms with E-state index in [-0.39, 0.29) is 42.0 Å². The number of piperidine rings is 1. The van der Waals surface area contributed by atoms with Gasteiger partial charge in [0.1, 0.15) is 28.7 Å². The Balaban J connectivity index is 0.760. The van der Waals surface area contributed by atoms with E-state index in [1.165, 1.54) is 23.1 Å². The van der Waals surface area contributed by atoms with Crippen molar-refractivity contribution in [2.45, 2.75) is 58.5 Å². The van der Waals surface area contributed by atoms with Crippen molar-refractivity contribution in [2.75, 3.05) is 18.5 Å². The molecule has 0 aliphatic carbocycles. The second-order valence-electron chi connectivity index (χ2n) is 16.1. The highest BCUT2D eigenvalue weighted by molar-refractivity contribution is 7.15. The number of carbonyl (C=O) groups is 6. The van der Waals surface area contributed by atoms with Crippen molar-refractivity contribution in [3.05, 3.63) is 146 Å². The molecular weight excluding hydrogens is 896 g/mol. The number of hydrogen-bond donors (Lipinski definition) is 3. The fourth-order valence-electron chi connectivity index (χ4n) is 8.13. The molecule has 5 heterocycles. The number of amides is 6. The molecule has 0 saturated carbocycles. The van der Waals surface area contributed by atoms with Crippen LogP contribution in [-0.4, -0.2) is 80.0 Å². The van der Waals surface area contributed by atoms with E-state index in [1.54, 1.807) is 35.6 Å². The van der Waals surface area contributed by atoms with Crippen molar-refractivity contribution >= 4 is 81.2 Å². The smallest absolute Gasteiger partial charge is 0.266 e. The zero-order valence-corrected chi connectivity index (χ0v) is 37.9. The number of thiophene rings is 1. The Morgan fingerprint density at radius 3 is 2.30 bits per heavy atom. The molecule has 2 aromatic heterocycles. The van der Waals surface area contributed by atoms with E-state index in [2.05, 4.69) is 50.2 Å². The Labute approximate surface area is 392 Å².